The molecule has 4 rings (SSSR count). The minimum atomic E-state index is -0.294. The highest BCUT2D eigenvalue weighted by molar-refractivity contribution is 7.20. The number of fused-ring (bicyclic) bond motifs is 1. The molecule has 0 aliphatic carbocycles. The second kappa shape index (κ2) is 9.32. The summed E-state index contributed by atoms with van der Waals surface area (Å²) in [4.78, 5) is 23.6. The predicted octanol–water partition coefficient (Wildman–Crippen LogP) is 5.39. The number of carbonyl (C=O) groups excluding carboxylic acids is 1. The number of hydrogen-bond donors (Lipinski definition) is 1. The van der Waals surface area contributed by atoms with Crippen LogP contribution in [0, 0.1) is 6.92 Å². The van der Waals surface area contributed by atoms with E-state index in [-0.39, 0.29) is 18.6 Å². The third-order valence-corrected chi connectivity index (χ3v) is 6.97. The summed E-state index contributed by atoms with van der Waals surface area (Å²) in [5.74, 6) is 0.774. The molecule has 0 fully saturated rings. The van der Waals surface area contributed by atoms with Crippen molar-refractivity contribution in [3.8, 4) is 5.88 Å². The zero-order chi connectivity index (χ0) is 22.0. The lowest BCUT2D eigenvalue weighted by Gasteiger charge is -2.18. The van der Waals surface area contributed by atoms with Crippen LogP contribution in [0.5, 0.6) is 5.88 Å². The monoisotopic (exact) mass is 473 g/mol. The average molecular weight is 474 g/mol. The van der Waals surface area contributed by atoms with E-state index in [9.17, 15) is 4.79 Å². The molecule has 1 N–H and O–H groups in total. The van der Waals surface area contributed by atoms with Crippen LogP contribution in [-0.4, -0.2) is 30.1 Å². The Hall–Kier alpha value is -2.52. The molecule has 1 amide bonds. The summed E-state index contributed by atoms with van der Waals surface area (Å²) < 4.78 is 10.6. The van der Waals surface area contributed by atoms with Gasteiger partial charge in [-0.15, -0.1) is 11.3 Å². The van der Waals surface area contributed by atoms with Crippen molar-refractivity contribution >= 4 is 50.4 Å². The third-order valence-electron chi connectivity index (χ3n) is 4.83. The largest absolute Gasteiger partial charge is 0.480 e. The normalized spacial score (nSPS) is 12.1. The molecule has 3 aromatic heterocycles. The fourth-order valence-electron chi connectivity index (χ4n) is 3.35. The summed E-state index contributed by atoms with van der Waals surface area (Å²) in [5, 5.41) is 8.59. The number of amides is 1. The lowest BCUT2D eigenvalue weighted by atomic mass is 10.0. The third kappa shape index (κ3) is 4.43. The Morgan fingerprint density at radius 1 is 1.16 bits per heavy atom. The molecule has 0 aliphatic heterocycles. The zero-order valence-corrected chi connectivity index (χ0v) is 19.5. The van der Waals surface area contributed by atoms with Gasteiger partial charge in [-0.2, -0.15) is 16.3 Å². The topological polar surface area (TPSA) is 73.3 Å². The summed E-state index contributed by atoms with van der Waals surface area (Å²) in [6.07, 6.45) is 0. The fraction of sp³-hybridized carbons (Fsp3) is 0.227. The number of benzene rings is 1. The Morgan fingerprint density at radius 3 is 2.58 bits per heavy atom. The van der Waals surface area contributed by atoms with Gasteiger partial charge in [-0.05, 0) is 52.6 Å². The molecule has 0 saturated carbocycles. The van der Waals surface area contributed by atoms with Crippen LogP contribution in [0.25, 0.3) is 10.2 Å². The molecular formula is C22H20ClN3O3S2. The highest BCUT2D eigenvalue weighted by Gasteiger charge is 2.24. The Morgan fingerprint density at radius 2 is 1.94 bits per heavy atom. The number of nitrogens with one attached hydrogen (secondary N) is 1. The Kier molecular flexibility index (Phi) is 6.52. The first-order chi connectivity index (χ1) is 15.0. The second-order valence-electron chi connectivity index (χ2n) is 6.83. The van der Waals surface area contributed by atoms with E-state index in [1.54, 1.807) is 25.6 Å². The first-order valence-corrected chi connectivity index (χ1v) is 11.6. The lowest BCUT2D eigenvalue weighted by Crippen LogP contribution is -2.28. The maximum atomic E-state index is 13.4. The molecular weight excluding hydrogens is 454 g/mol. The number of rotatable bonds is 7. The van der Waals surface area contributed by atoms with Crippen molar-refractivity contribution in [2.45, 2.75) is 19.6 Å². The Labute approximate surface area is 192 Å². The van der Waals surface area contributed by atoms with Crippen molar-refractivity contribution in [3.05, 3.63) is 73.5 Å². The van der Waals surface area contributed by atoms with Crippen LogP contribution in [0.1, 0.15) is 38.2 Å². The number of aryl methyl sites for hydroxylation is 1. The number of nitrogens with zero attached hydrogens (tertiary/aromatic N) is 2. The van der Waals surface area contributed by atoms with E-state index in [1.807, 2.05) is 48.0 Å². The van der Waals surface area contributed by atoms with E-state index in [2.05, 4.69) is 15.3 Å². The number of hydrogen-bond acceptors (Lipinski definition) is 7. The SMILES string of the molecule is COCc1nc(OC)c2c(C)c(C(=O)NC(c3ccc(Cl)cc3)c3ccsc3)sc2n1. The fourth-order valence-corrected chi connectivity index (χ4v) is 5.26. The number of aromatic nitrogens is 2. The van der Waals surface area contributed by atoms with Crippen LogP contribution in [-0.2, 0) is 11.3 Å². The lowest BCUT2D eigenvalue weighted by molar-refractivity contribution is 0.0946. The van der Waals surface area contributed by atoms with Gasteiger partial charge < -0.3 is 14.8 Å². The van der Waals surface area contributed by atoms with Crippen molar-refractivity contribution in [1.29, 1.82) is 0 Å². The molecule has 0 bridgehead atoms. The summed E-state index contributed by atoms with van der Waals surface area (Å²) in [6.45, 7) is 2.15. The molecule has 0 radical (unpaired) electrons. The average Bonchev–Trinajstić information content (AvgIpc) is 3.41. The maximum Gasteiger partial charge on any atom is 0.262 e. The number of halogens is 1. The van der Waals surface area contributed by atoms with Gasteiger partial charge in [0.1, 0.15) is 11.4 Å². The molecule has 1 atom stereocenters. The van der Waals surface area contributed by atoms with E-state index < -0.39 is 0 Å². The van der Waals surface area contributed by atoms with Crippen LogP contribution >= 0.6 is 34.3 Å². The van der Waals surface area contributed by atoms with Crippen LogP contribution in [0.4, 0.5) is 0 Å². The van der Waals surface area contributed by atoms with E-state index in [0.29, 0.717) is 26.4 Å². The molecule has 0 spiro atoms. The highest BCUT2D eigenvalue weighted by Crippen LogP contribution is 2.36. The second-order valence-corrected chi connectivity index (χ2v) is 9.05. The van der Waals surface area contributed by atoms with E-state index in [0.717, 1.165) is 22.1 Å². The molecule has 9 heteroatoms. The quantitative estimate of drug-likeness (QED) is 0.389. The number of carbonyl (C=O) groups is 1. The summed E-state index contributed by atoms with van der Waals surface area (Å²) >= 11 is 8.96. The molecule has 160 valence electrons. The van der Waals surface area contributed by atoms with Gasteiger partial charge in [0.15, 0.2) is 5.82 Å². The molecule has 4 aromatic rings. The van der Waals surface area contributed by atoms with Crippen LogP contribution in [0.3, 0.4) is 0 Å². The Bertz CT molecular complexity index is 1210. The first kappa shape index (κ1) is 21.7. The number of thiophene rings is 2. The van der Waals surface area contributed by atoms with E-state index in [1.165, 1.54) is 11.3 Å². The molecule has 3 heterocycles. The van der Waals surface area contributed by atoms with Gasteiger partial charge in [0.05, 0.1) is 23.4 Å². The molecule has 1 unspecified atom stereocenters. The standard InChI is InChI=1S/C22H20ClN3O3S2/c1-12-17-21(29-3)24-16(10-28-2)25-22(17)31-19(12)20(27)26-18(14-8-9-30-11-14)13-4-6-15(23)7-5-13/h4-9,11,18H,10H2,1-3H3,(H,26,27). The summed E-state index contributed by atoms with van der Waals surface area (Å²) in [5.41, 5.74) is 2.76. The van der Waals surface area contributed by atoms with Gasteiger partial charge in [0.2, 0.25) is 5.88 Å². The predicted molar refractivity (Wildman–Crippen MR) is 124 cm³/mol. The smallest absolute Gasteiger partial charge is 0.262 e. The van der Waals surface area contributed by atoms with Gasteiger partial charge in [0.25, 0.3) is 5.91 Å². The van der Waals surface area contributed by atoms with Crippen molar-refractivity contribution in [3.63, 3.8) is 0 Å². The summed E-state index contributed by atoms with van der Waals surface area (Å²) in [7, 11) is 3.14. The van der Waals surface area contributed by atoms with E-state index in [4.69, 9.17) is 21.1 Å². The van der Waals surface area contributed by atoms with Crippen molar-refractivity contribution in [2.75, 3.05) is 14.2 Å². The molecule has 6 nitrogen and oxygen atoms in total. The van der Waals surface area contributed by atoms with Crippen molar-refractivity contribution < 1.29 is 14.3 Å². The number of methoxy groups -OCH3 is 2. The van der Waals surface area contributed by atoms with Crippen molar-refractivity contribution in [2.24, 2.45) is 0 Å². The van der Waals surface area contributed by atoms with Crippen molar-refractivity contribution in [1.82, 2.24) is 15.3 Å². The van der Waals surface area contributed by atoms with Gasteiger partial charge in [0, 0.05) is 12.1 Å². The minimum Gasteiger partial charge on any atom is -0.480 e. The van der Waals surface area contributed by atoms with Crippen LogP contribution in [0.15, 0.2) is 41.1 Å². The van der Waals surface area contributed by atoms with Crippen LogP contribution in [0.2, 0.25) is 5.02 Å². The van der Waals surface area contributed by atoms with Gasteiger partial charge >= 0.3 is 0 Å². The zero-order valence-electron chi connectivity index (χ0n) is 17.1. The Balaban J connectivity index is 1.72. The highest BCUT2D eigenvalue weighted by atomic mass is 35.5. The van der Waals surface area contributed by atoms with Crippen LogP contribution < -0.4 is 10.1 Å². The van der Waals surface area contributed by atoms with Gasteiger partial charge in [-0.25, -0.2) is 4.98 Å². The maximum absolute atomic E-state index is 13.4. The molecule has 0 aliphatic rings. The number of ether oxygens (including phenoxy) is 2. The van der Waals surface area contributed by atoms with Gasteiger partial charge in [-0.1, -0.05) is 23.7 Å². The first-order valence-electron chi connectivity index (χ1n) is 9.43. The molecule has 0 saturated heterocycles. The molecule has 31 heavy (non-hydrogen) atoms. The summed E-state index contributed by atoms with van der Waals surface area (Å²) in [6, 6.07) is 9.21. The minimum absolute atomic E-state index is 0.179. The van der Waals surface area contributed by atoms with E-state index >= 15 is 0 Å². The van der Waals surface area contributed by atoms with Gasteiger partial charge in [-0.3, -0.25) is 4.79 Å². The molecule has 1 aromatic carbocycles.